The van der Waals surface area contributed by atoms with E-state index < -0.39 is 17.7 Å². The fourth-order valence-electron chi connectivity index (χ4n) is 3.91. The standard InChI is InChI=1S/C21H31N3O4S/c1-21(2,3)28-20(27)24-11-5-8-16(24)18(25)22-13-15-7-4-10-23(14-15)19(26)17-9-6-12-29-17/h6,9,12,15-16H,4-5,7-8,10-11,13-14H2,1-3H3,(H,22,25)/t15-,16+/m1/s1. The van der Waals surface area contributed by atoms with Crippen molar-refractivity contribution in [1.82, 2.24) is 15.1 Å². The lowest BCUT2D eigenvalue weighted by atomic mass is 9.97. The van der Waals surface area contributed by atoms with E-state index in [1.807, 2.05) is 43.2 Å². The van der Waals surface area contributed by atoms with Crippen LogP contribution in [0.25, 0.3) is 0 Å². The molecule has 1 aromatic rings. The summed E-state index contributed by atoms with van der Waals surface area (Å²) in [6, 6.07) is 3.26. The Balaban J connectivity index is 1.50. The lowest BCUT2D eigenvalue weighted by Gasteiger charge is -2.33. The molecule has 7 nitrogen and oxygen atoms in total. The Bertz CT molecular complexity index is 729. The highest BCUT2D eigenvalue weighted by molar-refractivity contribution is 7.12. The first kappa shape index (κ1) is 21.6. The number of carbonyl (C=O) groups excluding carboxylic acids is 3. The molecule has 2 saturated heterocycles. The predicted molar refractivity (Wildman–Crippen MR) is 112 cm³/mol. The van der Waals surface area contributed by atoms with E-state index in [0.29, 0.717) is 26.1 Å². The SMILES string of the molecule is CC(C)(C)OC(=O)N1CCC[C@H]1C(=O)NC[C@H]1CCCN(C(=O)c2cccs2)C1. The molecule has 2 aliphatic heterocycles. The van der Waals surface area contributed by atoms with Crippen LogP contribution in [0, 0.1) is 5.92 Å². The summed E-state index contributed by atoms with van der Waals surface area (Å²) in [6.45, 7) is 7.94. The summed E-state index contributed by atoms with van der Waals surface area (Å²) in [5.74, 6) is 0.172. The molecule has 0 bridgehead atoms. The topological polar surface area (TPSA) is 79.0 Å². The van der Waals surface area contributed by atoms with Crippen molar-refractivity contribution in [2.24, 2.45) is 5.92 Å². The number of nitrogens with one attached hydrogen (secondary N) is 1. The number of hydrogen-bond donors (Lipinski definition) is 1. The van der Waals surface area contributed by atoms with Crippen molar-refractivity contribution in [3.63, 3.8) is 0 Å². The molecule has 1 N–H and O–H groups in total. The van der Waals surface area contributed by atoms with Gasteiger partial charge in [0.15, 0.2) is 0 Å². The zero-order chi connectivity index (χ0) is 21.0. The quantitative estimate of drug-likeness (QED) is 0.810. The van der Waals surface area contributed by atoms with Gasteiger partial charge in [0.05, 0.1) is 4.88 Å². The van der Waals surface area contributed by atoms with E-state index in [9.17, 15) is 14.4 Å². The van der Waals surface area contributed by atoms with Crippen molar-refractivity contribution < 1.29 is 19.1 Å². The maximum absolute atomic E-state index is 12.7. The number of ether oxygens (including phenoxy) is 1. The van der Waals surface area contributed by atoms with Gasteiger partial charge in [-0.25, -0.2) is 4.79 Å². The number of carbonyl (C=O) groups is 3. The third-order valence-electron chi connectivity index (χ3n) is 5.29. The first-order valence-electron chi connectivity index (χ1n) is 10.3. The van der Waals surface area contributed by atoms with Gasteiger partial charge in [-0.05, 0) is 63.8 Å². The second kappa shape index (κ2) is 9.15. The summed E-state index contributed by atoms with van der Waals surface area (Å²) in [7, 11) is 0. The molecule has 8 heteroatoms. The van der Waals surface area contributed by atoms with Crippen molar-refractivity contribution in [3.05, 3.63) is 22.4 Å². The molecule has 2 aliphatic rings. The molecule has 160 valence electrons. The Kier molecular flexibility index (Phi) is 6.82. The van der Waals surface area contributed by atoms with Crippen molar-refractivity contribution in [2.75, 3.05) is 26.2 Å². The van der Waals surface area contributed by atoms with Gasteiger partial charge in [-0.15, -0.1) is 11.3 Å². The minimum absolute atomic E-state index is 0.0721. The molecule has 0 aromatic carbocycles. The zero-order valence-corrected chi connectivity index (χ0v) is 18.3. The molecule has 3 rings (SSSR count). The summed E-state index contributed by atoms with van der Waals surface area (Å²) in [5, 5.41) is 4.92. The minimum atomic E-state index is -0.582. The largest absolute Gasteiger partial charge is 0.444 e. The lowest BCUT2D eigenvalue weighted by molar-refractivity contribution is -0.125. The molecule has 0 radical (unpaired) electrons. The van der Waals surface area contributed by atoms with Crippen LogP contribution in [0.5, 0.6) is 0 Å². The van der Waals surface area contributed by atoms with Crippen molar-refractivity contribution >= 4 is 29.2 Å². The number of piperidine rings is 1. The van der Waals surface area contributed by atoms with Gasteiger partial charge >= 0.3 is 6.09 Å². The molecule has 0 aliphatic carbocycles. The minimum Gasteiger partial charge on any atom is -0.444 e. The fraction of sp³-hybridized carbons (Fsp3) is 0.667. The number of amides is 3. The van der Waals surface area contributed by atoms with Gasteiger partial charge < -0.3 is 15.0 Å². The molecular formula is C21H31N3O4S. The van der Waals surface area contributed by atoms with Crippen LogP contribution in [-0.4, -0.2) is 65.5 Å². The first-order chi connectivity index (χ1) is 13.7. The van der Waals surface area contributed by atoms with Crippen molar-refractivity contribution in [2.45, 2.75) is 58.1 Å². The van der Waals surface area contributed by atoms with E-state index in [2.05, 4.69) is 5.32 Å². The average Bonchev–Trinajstić information content (AvgIpc) is 3.36. The average molecular weight is 422 g/mol. The maximum atomic E-state index is 12.7. The lowest BCUT2D eigenvalue weighted by Crippen LogP contribution is -2.49. The molecule has 0 saturated carbocycles. The molecule has 2 atom stereocenters. The van der Waals surface area contributed by atoms with E-state index >= 15 is 0 Å². The van der Waals surface area contributed by atoms with Crippen LogP contribution in [0.1, 0.15) is 56.1 Å². The number of hydrogen-bond acceptors (Lipinski definition) is 5. The number of likely N-dealkylation sites (tertiary alicyclic amines) is 2. The smallest absolute Gasteiger partial charge is 0.410 e. The van der Waals surface area contributed by atoms with Gasteiger partial charge in [-0.1, -0.05) is 6.07 Å². The van der Waals surface area contributed by atoms with E-state index in [1.165, 1.54) is 16.2 Å². The normalized spacial score (nSPS) is 22.4. The predicted octanol–water partition coefficient (Wildman–Crippen LogP) is 3.12. The van der Waals surface area contributed by atoms with Crippen LogP contribution >= 0.6 is 11.3 Å². The van der Waals surface area contributed by atoms with Crippen LogP contribution < -0.4 is 5.32 Å². The summed E-state index contributed by atoms with van der Waals surface area (Å²) < 4.78 is 5.44. The Morgan fingerprint density at radius 3 is 2.66 bits per heavy atom. The highest BCUT2D eigenvalue weighted by Gasteiger charge is 2.37. The molecule has 1 aromatic heterocycles. The monoisotopic (exact) mass is 421 g/mol. The Morgan fingerprint density at radius 2 is 1.97 bits per heavy atom. The third-order valence-corrected chi connectivity index (χ3v) is 6.14. The van der Waals surface area contributed by atoms with Crippen LogP contribution in [0.2, 0.25) is 0 Å². The summed E-state index contributed by atoms with van der Waals surface area (Å²) >= 11 is 1.46. The van der Waals surface area contributed by atoms with E-state index in [4.69, 9.17) is 4.74 Å². The van der Waals surface area contributed by atoms with E-state index in [-0.39, 0.29) is 17.7 Å². The molecule has 0 unspecified atom stereocenters. The van der Waals surface area contributed by atoms with Gasteiger partial charge in [0.2, 0.25) is 5.91 Å². The summed E-state index contributed by atoms with van der Waals surface area (Å²) in [6.07, 6.45) is 2.93. The highest BCUT2D eigenvalue weighted by atomic mass is 32.1. The van der Waals surface area contributed by atoms with Gasteiger partial charge in [-0.2, -0.15) is 0 Å². The van der Waals surface area contributed by atoms with Crippen molar-refractivity contribution in [1.29, 1.82) is 0 Å². The number of thiophene rings is 1. The summed E-state index contributed by atoms with van der Waals surface area (Å²) in [5.41, 5.74) is -0.582. The van der Waals surface area contributed by atoms with Crippen LogP contribution in [0.3, 0.4) is 0 Å². The Labute approximate surface area is 176 Å². The molecule has 2 fully saturated rings. The summed E-state index contributed by atoms with van der Waals surface area (Å²) in [4.78, 5) is 41.9. The molecule has 0 spiro atoms. The van der Waals surface area contributed by atoms with E-state index in [1.54, 1.807) is 0 Å². The fourth-order valence-corrected chi connectivity index (χ4v) is 4.60. The van der Waals surface area contributed by atoms with Gasteiger partial charge in [-0.3, -0.25) is 14.5 Å². The zero-order valence-electron chi connectivity index (χ0n) is 17.5. The number of nitrogens with zero attached hydrogens (tertiary/aromatic N) is 2. The van der Waals surface area contributed by atoms with Gasteiger partial charge in [0.25, 0.3) is 5.91 Å². The Morgan fingerprint density at radius 1 is 1.21 bits per heavy atom. The van der Waals surface area contributed by atoms with Crippen LogP contribution in [-0.2, 0) is 9.53 Å². The first-order valence-corrected chi connectivity index (χ1v) is 11.2. The molecule has 3 heterocycles. The molecule has 3 amide bonds. The molecule has 29 heavy (non-hydrogen) atoms. The third kappa shape index (κ3) is 5.72. The number of rotatable bonds is 4. The highest BCUT2D eigenvalue weighted by Crippen LogP contribution is 2.22. The van der Waals surface area contributed by atoms with Gasteiger partial charge in [0.1, 0.15) is 11.6 Å². The van der Waals surface area contributed by atoms with Crippen LogP contribution in [0.15, 0.2) is 17.5 Å². The Hall–Kier alpha value is -2.09. The van der Waals surface area contributed by atoms with Crippen molar-refractivity contribution in [3.8, 4) is 0 Å². The molecular weight excluding hydrogens is 390 g/mol. The second-order valence-corrected chi connectivity index (χ2v) is 9.76. The maximum Gasteiger partial charge on any atom is 0.410 e. The second-order valence-electron chi connectivity index (χ2n) is 8.81. The van der Waals surface area contributed by atoms with Gasteiger partial charge in [0, 0.05) is 26.2 Å². The van der Waals surface area contributed by atoms with Crippen LogP contribution in [0.4, 0.5) is 4.79 Å². The van der Waals surface area contributed by atoms with E-state index in [0.717, 1.165) is 30.7 Å².